The molecule has 2 aliphatic heterocycles. The summed E-state index contributed by atoms with van der Waals surface area (Å²) in [6.45, 7) is 12.2. The van der Waals surface area contributed by atoms with Gasteiger partial charge in [-0.05, 0) is 47.6 Å². The van der Waals surface area contributed by atoms with E-state index < -0.39 is 6.10 Å². The van der Waals surface area contributed by atoms with Crippen LogP contribution in [0.3, 0.4) is 0 Å². The summed E-state index contributed by atoms with van der Waals surface area (Å²) >= 11 is 0. The minimum absolute atomic E-state index is 0.194. The van der Waals surface area contributed by atoms with Crippen LogP contribution in [0, 0.1) is 6.92 Å². The van der Waals surface area contributed by atoms with Crippen LogP contribution in [-0.4, -0.2) is 80.3 Å². The van der Waals surface area contributed by atoms with Crippen molar-refractivity contribution in [3.8, 4) is 5.75 Å². The standard InChI is InChI=1S/C31H37N3O4/c1-21(2)25-11-10-22(3)18-28(25)38-20-24(35)19-33-14-12-32(13-15-33)16-17-34-30(36)26-8-4-6-23-7-5-9-27(29(23)26)31(34)37/h4-11,18,21,24,35H,12-17,19-20H2,1-3H3/p+2/t24-/m0/s1. The van der Waals surface area contributed by atoms with Crippen LogP contribution in [-0.2, 0) is 0 Å². The number of aryl methyl sites for hydroxylation is 1. The normalized spacial score (nSPS) is 20.3. The number of aliphatic hydroxyl groups is 1. The van der Waals surface area contributed by atoms with E-state index in [2.05, 4.69) is 32.9 Å². The first-order valence-corrected chi connectivity index (χ1v) is 13.8. The Hall–Kier alpha value is -3.26. The zero-order valence-electron chi connectivity index (χ0n) is 22.6. The molecule has 7 nitrogen and oxygen atoms in total. The third kappa shape index (κ3) is 5.46. The van der Waals surface area contributed by atoms with E-state index in [1.165, 1.54) is 20.3 Å². The van der Waals surface area contributed by atoms with E-state index in [1.807, 2.05) is 42.5 Å². The maximum Gasteiger partial charge on any atom is 0.261 e. The van der Waals surface area contributed by atoms with Crippen molar-refractivity contribution in [2.45, 2.75) is 32.8 Å². The van der Waals surface area contributed by atoms with Gasteiger partial charge in [-0.1, -0.05) is 50.2 Å². The number of hydrogen-bond donors (Lipinski definition) is 3. The molecule has 0 aliphatic carbocycles. The number of carbonyl (C=O) groups excluding carboxylic acids is 2. The summed E-state index contributed by atoms with van der Waals surface area (Å²) in [4.78, 5) is 30.5. The SMILES string of the molecule is Cc1ccc(C(C)C)c(OC[C@@H](O)C[NH+]2CC[NH+](CCN3C(=O)c4cccc5cccc(c45)C3=O)CC2)c1. The van der Waals surface area contributed by atoms with E-state index in [9.17, 15) is 14.7 Å². The smallest absolute Gasteiger partial charge is 0.261 e. The molecule has 7 heteroatoms. The quantitative estimate of drug-likeness (QED) is 0.372. The number of nitrogens with one attached hydrogen (secondary N) is 2. The number of nitrogens with zero attached hydrogens (tertiary/aromatic N) is 1. The number of rotatable bonds is 9. The van der Waals surface area contributed by atoms with Crippen LogP contribution in [0.25, 0.3) is 10.8 Å². The van der Waals surface area contributed by atoms with Gasteiger partial charge in [-0.2, -0.15) is 0 Å². The lowest BCUT2D eigenvalue weighted by atomic mass is 9.94. The summed E-state index contributed by atoms with van der Waals surface area (Å²) < 4.78 is 6.04. The van der Waals surface area contributed by atoms with Gasteiger partial charge in [0.05, 0.1) is 13.1 Å². The molecule has 0 saturated carbocycles. The van der Waals surface area contributed by atoms with Crippen LogP contribution < -0.4 is 14.5 Å². The van der Waals surface area contributed by atoms with Gasteiger partial charge < -0.3 is 19.6 Å². The largest absolute Gasteiger partial charge is 0.490 e. The van der Waals surface area contributed by atoms with Crippen LogP contribution in [0.1, 0.15) is 51.6 Å². The maximum absolute atomic E-state index is 13.2. The van der Waals surface area contributed by atoms with Crippen LogP contribution in [0.4, 0.5) is 0 Å². The van der Waals surface area contributed by atoms with Crippen molar-refractivity contribution >= 4 is 22.6 Å². The average Bonchev–Trinajstić information content (AvgIpc) is 2.91. The second-order valence-electron chi connectivity index (χ2n) is 11.1. The summed E-state index contributed by atoms with van der Waals surface area (Å²) in [6.07, 6.45) is -0.529. The second kappa shape index (κ2) is 11.2. The van der Waals surface area contributed by atoms with E-state index in [0.29, 0.717) is 30.1 Å². The Balaban J connectivity index is 1.10. The van der Waals surface area contributed by atoms with Crippen LogP contribution in [0.2, 0.25) is 0 Å². The molecule has 0 radical (unpaired) electrons. The molecular weight excluding hydrogens is 478 g/mol. The zero-order valence-corrected chi connectivity index (χ0v) is 22.6. The van der Waals surface area contributed by atoms with Crippen molar-refractivity contribution in [2.24, 2.45) is 0 Å². The van der Waals surface area contributed by atoms with Gasteiger partial charge in [-0.3, -0.25) is 14.5 Å². The van der Waals surface area contributed by atoms with Crippen molar-refractivity contribution in [3.05, 3.63) is 76.9 Å². The van der Waals surface area contributed by atoms with E-state index in [-0.39, 0.29) is 18.4 Å². The maximum atomic E-state index is 13.2. The van der Waals surface area contributed by atoms with E-state index in [4.69, 9.17) is 4.74 Å². The number of ether oxygens (including phenoxy) is 1. The fourth-order valence-electron chi connectivity index (χ4n) is 5.79. The van der Waals surface area contributed by atoms with Gasteiger partial charge in [0, 0.05) is 16.5 Å². The lowest BCUT2D eigenvalue weighted by Gasteiger charge is -2.32. The zero-order chi connectivity index (χ0) is 26.8. The Morgan fingerprint density at radius 3 is 2.18 bits per heavy atom. The molecule has 200 valence electrons. The van der Waals surface area contributed by atoms with Gasteiger partial charge in [0.25, 0.3) is 11.8 Å². The number of amides is 2. The van der Waals surface area contributed by atoms with Gasteiger partial charge in [-0.15, -0.1) is 0 Å². The summed E-state index contributed by atoms with van der Waals surface area (Å²) in [7, 11) is 0. The minimum Gasteiger partial charge on any atom is -0.490 e. The van der Waals surface area contributed by atoms with Crippen molar-refractivity contribution in [1.29, 1.82) is 0 Å². The van der Waals surface area contributed by atoms with Crippen molar-refractivity contribution in [1.82, 2.24) is 4.90 Å². The predicted octanol–water partition coefficient (Wildman–Crippen LogP) is 1.09. The average molecular weight is 518 g/mol. The highest BCUT2D eigenvalue weighted by Gasteiger charge is 2.34. The first-order chi connectivity index (χ1) is 18.3. The number of hydrogen-bond acceptors (Lipinski definition) is 4. The van der Waals surface area contributed by atoms with Gasteiger partial charge in [0.15, 0.2) is 0 Å². The molecule has 2 amide bonds. The molecule has 0 unspecified atom stereocenters. The summed E-state index contributed by atoms with van der Waals surface area (Å²) in [5, 5.41) is 12.4. The van der Waals surface area contributed by atoms with E-state index >= 15 is 0 Å². The molecule has 0 bridgehead atoms. The molecule has 5 rings (SSSR count). The van der Waals surface area contributed by atoms with Gasteiger partial charge in [0.2, 0.25) is 0 Å². The number of piperazine rings is 1. The lowest BCUT2D eigenvalue weighted by molar-refractivity contribution is -1.01. The topological polar surface area (TPSA) is 75.7 Å². The number of carbonyl (C=O) groups is 2. The number of aliphatic hydroxyl groups excluding tert-OH is 1. The highest BCUT2D eigenvalue weighted by atomic mass is 16.5. The summed E-state index contributed by atoms with van der Waals surface area (Å²) in [6, 6.07) is 17.5. The highest BCUT2D eigenvalue weighted by Crippen LogP contribution is 2.30. The Bertz CT molecular complexity index is 1280. The Labute approximate surface area is 224 Å². The number of quaternary nitrogens is 2. The number of imide groups is 1. The Morgan fingerprint density at radius 1 is 0.921 bits per heavy atom. The second-order valence-corrected chi connectivity index (χ2v) is 11.1. The molecule has 3 N–H and O–H groups in total. The highest BCUT2D eigenvalue weighted by molar-refractivity contribution is 6.25. The molecule has 1 saturated heterocycles. The first kappa shape index (κ1) is 26.4. The van der Waals surface area contributed by atoms with Crippen LogP contribution in [0.5, 0.6) is 5.75 Å². The fraction of sp³-hybridized carbons (Fsp3) is 0.419. The fourth-order valence-corrected chi connectivity index (χ4v) is 5.79. The molecule has 3 aromatic carbocycles. The van der Waals surface area contributed by atoms with Crippen LogP contribution in [0.15, 0.2) is 54.6 Å². The Morgan fingerprint density at radius 2 is 1.55 bits per heavy atom. The molecule has 3 aromatic rings. The molecule has 1 fully saturated rings. The molecule has 38 heavy (non-hydrogen) atoms. The van der Waals surface area contributed by atoms with E-state index in [1.54, 1.807) is 0 Å². The summed E-state index contributed by atoms with van der Waals surface area (Å²) in [5.74, 6) is 0.841. The van der Waals surface area contributed by atoms with Crippen molar-refractivity contribution < 1.29 is 29.2 Å². The van der Waals surface area contributed by atoms with Gasteiger partial charge in [-0.25, -0.2) is 0 Å². The third-order valence-corrected chi connectivity index (χ3v) is 7.96. The predicted molar refractivity (Wildman–Crippen MR) is 147 cm³/mol. The van der Waals surface area contributed by atoms with E-state index in [0.717, 1.165) is 54.8 Å². The van der Waals surface area contributed by atoms with Gasteiger partial charge >= 0.3 is 0 Å². The van der Waals surface area contributed by atoms with Crippen LogP contribution >= 0.6 is 0 Å². The molecule has 1 atom stereocenters. The van der Waals surface area contributed by atoms with Gasteiger partial charge in [0.1, 0.15) is 51.2 Å². The molecule has 0 aromatic heterocycles. The first-order valence-electron chi connectivity index (χ1n) is 13.8. The lowest BCUT2D eigenvalue weighted by Crippen LogP contribution is -3.28. The third-order valence-electron chi connectivity index (χ3n) is 7.96. The van der Waals surface area contributed by atoms with Crippen molar-refractivity contribution in [2.75, 3.05) is 52.4 Å². The molecular formula is C31H39N3O4+2. The van der Waals surface area contributed by atoms with Crippen molar-refractivity contribution in [3.63, 3.8) is 0 Å². The Kier molecular flexibility index (Phi) is 7.79. The monoisotopic (exact) mass is 517 g/mol. The molecule has 2 aliphatic rings. The molecule has 0 spiro atoms. The number of benzene rings is 3. The minimum atomic E-state index is -0.529. The summed E-state index contributed by atoms with van der Waals surface area (Å²) in [5.41, 5.74) is 3.55. The molecule has 2 heterocycles.